The van der Waals surface area contributed by atoms with Gasteiger partial charge in [0.25, 0.3) is 0 Å². The van der Waals surface area contributed by atoms with Crippen molar-refractivity contribution in [3.8, 4) is 0 Å². The highest BCUT2D eigenvalue weighted by Gasteiger charge is 2.14. The van der Waals surface area contributed by atoms with Crippen LogP contribution < -0.4 is 5.32 Å². The van der Waals surface area contributed by atoms with Gasteiger partial charge in [-0.3, -0.25) is 0 Å². The fourth-order valence-corrected chi connectivity index (χ4v) is 2.79. The predicted octanol–water partition coefficient (Wildman–Crippen LogP) is 4.23. The van der Waals surface area contributed by atoms with Crippen LogP contribution in [0.1, 0.15) is 56.2 Å². The maximum Gasteiger partial charge on any atom is 0.0292 e. The molecule has 1 aliphatic rings. The average molecular weight is 231 g/mol. The quantitative estimate of drug-likeness (QED) is 0.818. The summed E-state index contributed by atoms with van der Waals surface area (Å²) in [5, 5.41) is 3.70. The molecule has 94 valence electrons. The molecule has 1 aliphatic carbocycles. The summed E-state index contributed by atoms with van der Waals surface area (Å²) in [5.41, 5.74) is 2.77. The molecular weight excluding hydrogens is 206 g/mol. The molecule has 1 unspecified atom stereocenters. The first-order valence-corrected chi connectivity index (χ1v) is 7.05. The molecule has 1 fully saturated rings. The molecule has 1 aromatic carbocycles. The molecular formula is C16H25N. The molecule has 0 heterocycles. The van der Waals surface area contributed by atoms with Gasteiger partial charge in [0.2, 0.25) is 0 Å². The Bertz CT molecular complexity index is 339. The van der Waals surface area contributed by atoms with E-state index in [9.17, 15) is 0 Å². The van der Waals surface area contributed by atoms with Crippen molar-refractivity contribution in [2.45, 2.75) is 52.0 Å². The van der Waals surface area contributed by atoms with E-state index in [1.807, 2.05) is 0 Å². The number of hydrogen-bond donors (Lipinski definition) is 1. The van der Waals surface area contributed by atoms with Crippen LogP contribution in [-0.2, 0) is 0 Å². The molecule has 0 bridgehead atoms. The first-order chi connectivity index (χ1) is 8.25. The Balaban J connectivity index is 1.82. The third-order valence-corrected chi connectivity index (χ3v) is 3.98. The fourth-order valence-electron chi connectivity index (χ4n) is 2.79. The van der Waals surface area contributed by atoms with Crippen molar-refractivity contribution in [3.05, 3.63) is 35.4 Å². The van der Waals surface area contributed by atoms with Crippen LogP contribution in [0, 0.1) is 12.8 Å². The van der Waals surface area contributed by atoms with Crippen LogP contribution in [0.3, 0.4) is 0 Å². The Labute approximate surface area is 106 Å². The van der Waals surface area contributed by atoms with Crippen molar-refractivity contribution < 1.29 is 0 Å². The van der Waals surface area contributed by atoms with Gasteiger partial charge in [-0.05, 0) is 44.7 Å². The summed E-state index contributed by atoms with van der Waals surface area (Å²) in [6.07, 6.45) is 7.17. The lowest BCUT2D eigenvalue weighted by Crippen LogP contribution is -2.27. The topological polar surface area (TPSA) is 12.0 Å². The van der Waals surface area contributed by atoms with Gasteiger partial charge in [0.15, 0.2) is 0 Å². The Morgan fingerprint density at radius 2 is 2.00 bits per heavy atom. The van der Waals surface area contributed by atoms with E-state index in [0.29, 0.717) is 6.04 Å². The number of hydrogen-bond acceptors (Lipinski definition) is 1. The van der Waals surface area contributed by atoms with Crippen molar-refractivity contribution in [1.82, 2.24) is 5.32 Å². The van der Waals surface area contributed by atoms with Crippen LogP contribution in [0.25, 0.3) is 0 Å². The Hall–Kier alpha value is -0.820. The number of nitrogens with one attached hydrogen (secondary N) is 1. The molecule has 1 nitrogen and oxygen atoms in total. The summed E-state index contributed by atoms with van der Waals surface area (Å²) in [5.74, 6) is 0.913. The van der Waals surface area contributed by atoms with E-state index in [4.69, 9.17) is 0 Å². The lowest BCUT2D eigenvalue weighted by Gasteiger charge is -2.24. The molecule has 0 saturated heterocycles. The first-order valence-electron chi connectivity index (χ1n) is 7.05. The minimum Gasteiger partial charge on any atom is -0.310 e. The molecule has 1 atom stereocenters. The summed E-state index contributed by atoms with van der Waals surface area (Å²) in [4.78, 5) is 0. The zero-order chi connectivity index (χ0) is 12.1. The third kappa shape index (κ3) is 3.85. The Kier molecular flexibility index (Phi) is 4.61. The summed E-state index contributed by atoms with van der Waals surface area (Å²) in [6, 6.07) is 9.32. The summed E-state index contributed by atoms with van der Waals surface area (Å²) >= 11 is 0. The highest BCUT2D eigenvalue weighted by atomic mass is 14.9. The molecule has 1 aromatic rings. The second kappa shape index (κ2) is 6.20. The highest BCUT2D eigenvalue weighted by Crippen LogP contribution is 2.23. The molecule has 17 heavy (non-hydrogen) atoms. The van der Waals surface area contributed by atoms with E-state index in [2.05, 4.69) is 43.4 Å². The SMILES string of the molecule is Cc1cccc(C(C)NCC2CCCCC2)c1. The van der Waals surface area contributed by atoms with Crippen LogP contribution in [0.15, 0.2) is 24.3 Å². The van der Waals surface area contributed by atoms with Gasteiger partial charge in [0.05, 0.1) is 0 Å². The summed E-state index contributed by atoms with van der Waals surface area (Å²) in [7, 11) is 0. The normalized spacial score (nSPS) is 19.2. The minimum absolute atomic E-state index is 0.483. The van der Waals surface area contributed by atoms with Gasteiger partial charge < -0.3 is 5.32 Å². The van der Waals surface area contributed by atoms with Crippen molar-refractivity contribution >= 4 is 0 Å². The van der Waals surface area contributed by atoms with Gasteiger partial charge in [-0.2, -0.15) is 0 Å². The maximum absolute atomic E-state index is 3.70. The van der Waals surface area contributed by atoms with Gasteiger partial charge >= 0.3 is 0 Å². The summed E-state index contributed by atoms with van der Waals surface area (Å²) in [6.45, 7) is 5.63. The zero-order valence-electron chi connectivity index (χ0n) is 11.2. The van der Waals surface area contributed by atoms with Crippen LogP contribution in [0.5, 0.6) is 0 Å². The van der Waals surface area contributed by atoms with E-state index in [0.717, 1.165) is 5.92 Å². The minimum atomic E-state index is 0.483. The molecule has 1 saturated carbocycles. The van der Waals surface area contributed by atoms with Gasteiger partial charge in [-0.15, -0.1) is 0 Å². The molecule has 1 heteroatoms. The van der Waals surface area contributed by atoms with E-state index in [1.165, 1.54) is 49.8 Å². The Morgan fingerprint density at radius 3 is 2.71 bits per heavy atom. The first kappa shape index (κ1) is 12.6. The number of aryl methyl sites for hydroxylation is 1. The monoisotopic (exact) mass is 231 g/mol. The van der Waals surface area contributed by atoms with Gasteiger partial charge in [-0.25, -0.2) is 0 Å². The van der Waals surface area contributed by atoms with Gasteiger partial charge in [0, 0.05) is 6.04 Å². The molecule has 1 N–H and O–H groups in total. The average Bonchev–Trinajstić information content (AvgIpc) is 2.37. The van der Waals surface area contributed by atoms with Crippen molar-refractivity contribution in [2.24, 2.45) is 5.92 Å². The fraction of sp³-hybridized carbons (Fsp3) is 0.625. The molecule has 2 rings (SSSR count). The second-order valence-corrected chi connectivity index (χ2v) is 5.55. The molecule has 0 spiro atoms. The van der Waals surface area contributed by atoms with E-state index in [-0.39, 0.29) is 0 Å². The standard InChI is InChI=1S/C16H25N/c1-13-7-6-10-16(11-13)14(2)17-12-15-8-4-3-5-9-15/h6-7,10-11,14-15,17H,3-5,8-9,12H2,1-2H3. The smallest absolute Gasteiger partial charge is 0.0292 e. The van der Waals surface area contributed by atoms with Crippen molar-refractivity contribution in [3.63, 3.8) is 0 Å². The third-order valence-electron chi connectivity index (χ3n) is 3.98. The Morgan fingerprint density at radius 1 is 1.24 bits per heavy atom. The number of rotatable bonds is 4. The predicted molar refractivity (Wildman–Crippen MR) is 74.2 cm³/mol. The molecule has 0 aromatic heterocycles. The highest BCUT2D eigenvalue weighted by molar-refractivity contribution is 5.24. The lowest BCUT2D eigenvalue weighted by atomic mass is 9.89. The van der Waals surface area contributed by atoms with Crippen LogP contribution in [-0.4, -0.2) is 6.54 Å². The van der Waals surface area contributed by atoms with Crippen molar-refractivity contribution in [1.29, 1.82) is 0 Å². The largest absolute Gasteiger partial charge is 0.310 e. The lowest BCUT2D eigenvalue weighted by molar-refractivity contribution is 0.331. The molecule has 0 radical (unpaired) electrons. The van der Waals surface area contributed by atoms with Crippen LogP contribution >= 0.6 is 0 Å². The van der Waals surface area contributed by atoms with Gasteiger partial charge in [0.1, 0.15) is 0 Å². The number of benzene rings is 1. The van der Waals surface area contributed by atoms with Crippen LogP contribution in [0.2, 0.25) is 0 Å². The molecule has 0 amide bonds. The van der Waals surface area contributed by atoms with Crippen molar-refractivity contribution in [2.75, 3.05) is 6.54 Å². The maximum atomic E-state index is 3.70. The van der Waals surface area contributed by atoms with Gasteiger partial charge in [-0.1, -0.05) is 49.1 Å². The second-order valence-electron chi connectivity index (χ2n) is 5.55. The molecule has 0 aliphatic heterocycles. The summed E-state index contributed by atoms with van der Waals surface area (Å²) < 4.78 is 0. The van der Waals surface area contributed by atoms with E-state index >= 15 is 0 Å². The van der Waals surface area contributed by atoms with E-state index in [1.54, 1.807) is 0 Å². The zero-order valence-corrected chi connectivity index (χ0v) is 11.2. The van der Waals surface area contributed by atoms with Crippen LogP contribution in [0.4, 0.5) is 0 Å². The van der Waals surface area contributed by atoms with E-state index < -0.39 is 0 Å².